The lowest BCUT2D eigenvalue weighted by molar-refractivity contribution is -0.0361. The molecule has 0 aromatic carbocycles. The maximum atomic E-state index is 13.4. The van der Waals surface area contributed by atoms with Gasteiger partial charge in [0.25, 0.3) is 0 Å². The van der Waals surface area contributed by atoms with Crippen LogP contribution in [0.4, 0.5) is 14.7 Å². The lowest BCUT2D eigenvalue weighted by atomic mass is 9.92. The Hall–Kier alpha value is -2.58. The van der Waals surface area contributed by atoms with E-state index >= 15 is 0 Å². The van der Waals surface area contributed by atoms with Gasteiger partial charge in [0.05, 0.1) is 12.3 Å². The van der Waals surface area contributed by atoms with Crippen LogP contribution in [0.3, 0.4) is 0 Å². The lowest BCUT2D eigenvalue weighted by Gasteiger charge is -2.28. The van der Waals surface area contributed by atoms with Gasteiger partial charge in [0.1, 0.15) is 0 Å². The van der Waals surface area contributed by atoms with E-state index in [0.717, 1.165) is 11.4 Å². The van der Waals surface area contributed by atoms with E-state index in [9.17, 15) is 13.6 Å². The highest BCUT2D eigenvalue weighted by atomic mass is 19.3. The summed E-state index contributed by atoms with van der Waals surface area (Å²) in [6.45, 7) is 5.67. The van der Waals surface area contributed by atoms with Crippen molar-refractivity contribution in [3.05, 3.63) is 29.2 Å². The summed E-state index contributed by atoms with van der Waals surface area (Å²) in [5, 5.41) is 7.47. The Balaban J connectivity index is 1.90. The molecule has 1 aliphatic rings. The second kappa shape index (κ2) is 7.58. The minimum Gasteiger partial charge on any atom is -0.461 e. The molecule has 1 N–H and O–H groups in total. The highest BCUT2D eigenvalue weighted by molar-refractivity contribution is 5.88. The molecule has 3 rings (SSSR count). The number of esters is 1. The van der Waals surface area contributed by atoms with Gasteiger partial charge in [-0.05, 0) is 39.7 Å². The van der Waals surface area contributed by atoms with E-state index in [1.54, 1.807) is 11.6 Å². The van der Waals surface area contributed by atoms with Gasteiger partial charge in [0.15, 0.2) is 11.5 Å². The number of hydrogen-bond acceptors (Lipinski definition) is 6. The number of carbonyl (C=O) groups is 1. The lowest BCUT2D eigenvalue weighted by Crippen LogP contribution is -2.32. The number of aryl methyl sites for hydroxylation is 2. The number of nitrogens with one attached hydrogen (secondary N) is 1. The molecule has 2 aromatic heterocycles. The molecule has 1 aliphatic carbocycles. The zero-order valence-corrected chi connectivity index (χ0v) is 15.6. The molecule has 0 unspecified atom stereocenters. The van der Waals surface area contributed by atoms with E-state index in [1.807, 2.05) is 19.9 Å². The minimum atomic E-state index is -2.61. The van der Waals surface area contributed by atoms with Gasteiger partial charge < -0.3 is 10.1 Å². The number of ether oxygens (including phenoxy) is 1. The van der Waals surface area contributed by atoms with Crippen LogP contribution in [-0.4, -0.2) is 44.3 Å². The third-order valence-corrected chi connectivity index (χ3v) is 4.47. The molecule has 1 saturated carbocycles. The second-order valence-corrected chi connectivity index (χ2v) is 6.77. The van der Waals surface area contributed by atoms with E-state index in [1.165, 1.54) is 6.07 Å². The van der Waals surface area contributed by atoms with Crippen LogP contribution >= 0.6 is 0 Å². The molecule has 0 amide bonds. The van der Waals surface area contributed by atoms with Gasteiger partial charge in [-0.1, -0.05) is 0 Å². The number of alkyl halides is 2. The van der Waals surface area contributed by atoms with Crippen molar-refractivity contribution in [3.8, 4) is 5.82 Å². The van der Waals surface area contributed by atoms with Crippen molar-refractivity contribution in [2.24, 2.45) is 0 Å². The fourth-order valence-electron chi connectivity index (χ4n) is 3.14. The highest BCUT2D eigenvalue weighted by Gasteiger charge is 2.35. The molecule has 0 bridgehead atoms. The maximum absolute atomic E-state index is 13.4. The Kier molecular flexibility index (Phi) is 5.38. The van der Waals surface area contributed by atoms with Gasteiger partial charge in [0, 0.05) is 30.6 Å². The molecule has 2 heterocycles. The van der Waals surface area contributed by atoms with Crippen molar-refractivity contribution in [2.75, 3.05) is 11.9 Å². The SMILES string of the molecule is CCOC(=O)c1cc(-n2nc(C)cc2C)nc(NC2CCC(F)(F)CC2)n1. The molecule has 2 aromatic rings. The summed E-state index contributed by atoms with van der Waals surface area (Å²) in [7, 11) is 0. The van der Waals surface area contributed by atoms with Crippen LogP contribution in [0.25, 0.3) is 5.82 Å². The summed E-state index contributed by atoms with van der Waals surface area (Å²) < 4.78 is 33.4. The quantitative estimate of drug-likeness (QED) is 0.802. The molecule has 146 valence electrons. The Morgan fingerprint density at radius 2 is 2.00 bits per heavy atom. The molecular weight excluding hydrogens is 356 g/mol. The van der Waals surface area contributed by atoms with Crippen molar-refractivity contribution >= 4 is 11.9 Å². The number of hydrogen-bond donors (Lipinski definition) is 1. The zero-order chi connectivity index (χ0) is 19.6. The predicted molar refractivity (Wildman–Crippen MR) is 95.4 cm³/mol. The van der Waals surface area contributed by atoms with E-state index in [4.69, 9.17) is 4.74 Å². The molecule has 0 spiro atoms. The van der Waals surface area contributed by atoms with Gasteiger partial charge >= 0.3 is 5.97 Å². The van der Waals surface area contributed by atoms with Crippen LogP contribution in [0, 0.1) is 13.8 Å². The smallest absolute Gasteiger partial charge is 0.357 e. The van der Waals surface area contributed by atoms with Crippen LogP contribution in [0.1, 0.15) is 54.5 Å². The van der Waals surface area contributed by atoms with Crippen molar-refractivity contribution in [2.45, 2.75) is 58.4 Å². The van der Waals surface area contributed by atoms with Gasteiger partial charge in [-0.3, -0.25) is 0 Å². The van der Waals surface area contributed by atoms with E-state index in [0.29, 0.717) is 18.7 Å². The third-order valence-electron chi connectivity index (χ3n) is 4.47. The van der Waals surface area contributed by atoms with E-state index in [-0.39, 0.29) is 37.1 Å². The normalized spacial score (nSPS) is 16.9. The average Bonchev–Trinajstić information content (AvgIpc) is 2.95. The van der Waals surface area contributed by atoms with Gasteiger partial charge in [-0.2, -0.15) is 10.1 Å². The second-order valence-electron chi connectivity index (χ2n) is 6.77. The maximum Gasteiger partial charge on any atom is 0.357 e. The topological polar surface area (TPSA) is 81.9 Å². The Morgan fingerprint density at radius 1 is 1.30 bits per heavy atom. The fourth-order valence-corrected chi connectivity index (χ4v) is 3.14. The van der Waals surface area contributed by atoms with Gasteiger partial charge in [-0.25, -0.2) is 23.2 Å². The Bertz CT molecular complexity index is 827. The number of anilines is 1. The number of rotatable bonds is 5. The van der Waals surface area contributed by atoms with Crippen molar-refractivity contribution in [3.63, 3.8) is 0 Å². The molecular formula is C18H23F2N5O2. The first-order chi connectivity index (χ1) is 12.8. The fraction of sp³-hybridized carbons (Fsp3) is 0.556. The van der Waals surface area contributed by atoms with Crippen LogP contribution in [0.2, 0.25) is 0 Å². The first-order valence-electron chi connectivity index (χ1n) is 9.01. The summed E-state index contributed by atoms with van der Waals surface area (Å²) in [6, 6.07) is 3.23. The first kappa shape index (κ1) is 19.2. The van der Waals surface area contributed by atoms with E-state index in [2.05, 4.69) is 20.4 Å². The standard InChI is InChI=1S/C18H23F2N5O2/c1-4-27-16(26)14-10-15(25-12(3)9-11(2)24-25)23-17(22-14)21-13-5-7-18(19,20)8-6-13/h9-10,13H,4-8H2,1-3H3,(H,21,22,23). The molecule has 0 aliphatic heterocycles. The zero-order valence-electron chi connectivity index (χ0n) is 15.6. The number of carbonyl (C=O) groups excluding carboxylic acids is 1. The minimum absolute atomic E-state index is 0.0954. The summed E-state index contributed by atoms with van der Waals surface area (Å²) in [4.78, 5) is 20.8. The molecule has 27 heavy (non-hydrogen) atoms. The van der Waals surface area contributed by atoms with Gasteiger partial charge in [0.2, 0.25) is 11.9 Å². The van der Waals surface area contributed by atoms with Crippen LogP contribution in [-0.2, 0) is 4.74 Å². The molecule has 0 atom stereocenters. The Labute approximate surface area is 156 Å². The van der Waals surface area contributed by atoms with Crippen LogP contribution in [0.5, 0.6) is 0 Å². The number of nitrogens with zero attached hydrogens (tertiary/aromatic N) is 4. The summed E-state index contributed by atoms with van der Waals surface area (Å²) >= 11 is 0. The average molecular weight is 379 g/mol. The summed E-state index contributed by atoms with van der Waals surface area (Å²) in [5.74, 6) is -2.55. The van der Waals surface area contributed by atoms with Crippen molar-refractivity contribution < 1.29 is 18.3 Å². The molecule has 0 radical (unpaired) electrons. The highest BCUT2D eigenvalue weighted by Crippen LogP contribution is 2.34. The van der Waals surface area contributed by atoms with E-state index < -0.39 is 11.9 Å². The molecule has 7 nitrogen and oxygen atoms in total. The van der Waals surface area contributed by atoms with Crippen molar-refractivity contribution in [1.82, 2.24) is 19.7 Å². The van der Waals surface area contributed by atoms with Crippen molar-refractivity contribution in [1.29, 1.82) is 0 Å². The molecule has 9 heteroatoms. The molecule has 1 fully saturated rings. The predicted octanol–water partition coefficient (Wildman–Crippen LogP) is 3.45. The third kappa shape index (κ3) is 4.58. The largest absolute Gasteiger partial charge is 0.461 e. The van der Waals surface area contributed by atoms with Crippen LogP contribution < -0.4 is 5.32 Å². The monoisotopic (exact) mass is 379 g/mol. The summed E-state index contributed by atoms with van der Waals surface area (Å²) in [6.07, 6.45) is 0.281. The molecule has 0 saturated heterocycles. The van der Waals surface area contributed by atoms with Crippen LogP contribution in [0.15, 0.2) is 12.1 Å². The number of halogens is 2. The first-order valence-corrected chi connectivity index (χ1v) is 9.01. The summed E-state index contributed by atoms with van der Waals surface area (Å²) in [5.41, 5.74) is 1.76. The number of aromatic nitrogens is 4. The van der Waals surface area contributed by atoms with Gasteiger partial charge in [-0.15, -0.1) is 0 Å². The Morgan fingerprint density at radius 3 is 2.59 bits per heavy atom.